The molecule has 3 N–H and O–H groups in total. The Kier molecular flexibility index (Phi) is 5.03. The van der Waals surface area contributed by atoms with Crippen LogP contribution in [0.25, 0.3) is 0 Å². The van der Waals surface area contributed by atoms with Crippen molar-refractivity contribution in [3.8, 4) is 11.5 Å². The number of furan rings is 1. The minimum atomic E-state index is -0.0776. The summed E-state index contributed by atoms with van der Waals surface area (Å²) in [5.74, 6) is 8.14. The van der Waals surface area contributed by atoms with Crippen molar-refractivity contribution >= 4 is 0 Å². The molecule has 1 aromatic heterocycles. The number of nitrogens with two attached hydrogens (primary N) is 1. The first-order chi connectivity index (χ1) is 9.80. The second-order valence-electron chi connectivity index (χ2n) is 4.41. The number of rotatable bonds is 7. The Bertz CT molecular complexity index is 504. The first-order valence-electron chi connectivity index (χ1n) is 6.49. The smallest absolute Gasteiger partial charge is 0.127 e. The molecular weight excluding hydrogens is 256 g/mol. The van der Waals surface area contributed by atoms with Crippen LogP contribution in [0, 0.1) is 0 Å². The van der Waals surface area contributed by atoms with E-state index in [9.17, 15) is 0 Å². The monoisotopic (exact) mass is 276 g/mol. The Morgan fingerprint density at radius 1 is 1.15 bits per heavy atom. The standard InChI is InChI=1S/C15H20N2O3/c1-18-13-6-3-7-14(19-2)15(13)12(17-16)9-8-11-5-4-10-20-11/h3-7,10,12,17H,8-9,16H2,1-2H3. The van der Waals surface area contributed by atoms with Crippen molar-refractivity contribution in [3.05, 3.63) is 47.9 Å². The summed E-state index contributed by atoms with van der Waals surface area (Å²) >= 11 is 0. The third-order valence-electron chi connectivity index (χ3n) is 3.28. The summed E-state index contributed by atoms with van der Waals surface area (Å²) in [6, 6.07) is 9.44. The SMILES string of the molecule is COc1cccc(OC)c1C(CCc1ccco1)NN. The lowest BCUT2D eigenvalue weighted by Gasteiger charge is -2.21. The summed E-state index contributed by atoms with van der Waals surface area (Å²) in [6.07, 6.45) is 3.23. The normalized spacial score (nSPS) is 12.2. The Hall–Kier alpha value is -1.98. The van der Waals surface area contributed by atoms with E-state index in [0.29, 0.717) is 0 Å². The minimum Gasteiger partial charge on any atom is -0.496 e. The lowest BCUT2D eigenvalue weighted by Crippen LogP contribution is -2.29. The molecule has 1 aromatic carbocycles. The van der Waals surface area contributed by atoms with E-state index in [4.69, 9.17) is 19.7 Å². The molecule has 0 amide bonds. The van der Waals surface area contributed by atoms with Crippen LogP contribution in [0.15, 0.2) is 41.0 Å². The van der Waals surface area contributed by atoms with Gasteiger partial charge in [-0.15, -0.1) is 0 Å². The van der Waals surface area contributed by atoms with Gasteiger partial charge >= 0.3 is 0 Å². The van der Waals surface area contributed by atoms with Gasteiger partial charge in [-0.2, -0.15) is 0 Å². The molecule has 1 unspecified atom stereocenters. The van der Waals surface area contributed by atoms with Crippen molar-refractivity contribution in [3.63, 3.8) is 0 Å². The van der Waals surface area contributed by atoms with E-state index in [2.05, 4.69) is 5.43 Å². The highest BCUT2D eigenvalue weighted by Crippen LogP contribution is 2.35. The van der Waals surface area contributed by atoms with Gasteiger partial charge in [-0.3, -0.25) is 11.3 Å². The van der Waals surface area contributed by atoms with Crippen molar-refractivity contribution in [2.75, 3.05) is 14.2 Å². The maximum absolute atomic E-state index is 5.70. The Morgan fingerprint density at radius 3 is 2.35 bits per heavy atom. The van der Waals surface area contributed by atoms with Gasteiger partial charge in [0.1, 0.15) is 17.3 Å². The van der Waals surface area contributed by atoms with Crippen molar-refractivity contribution in [1.29, 1.82) is 0 Å². The summed E-state index contributed by atoms with van der Waals surface area (Å²) in [6.45, 7) is 0. The largest absolute Gasteiger partial charge is 0.496 e. The second-order valence-corrected chi connectivity index (χ2v) is 4.41. The average Bonchev–Trinajstić information content (AvgIpc) is 3.01. The van der Waals surface area contributed by atoms with Gasteiger partial charge in [0, 0.05) is 6.42 Å². The highest BCUT2D eigenvalue weighted by atomic mass is 16.5. The third kappa shape index (κ3) is 3.12. The molecule has 0 bridgehead atoms. The van der Waals surface area contributed by atoms with E-state index in [1.807, 2.05) is 30.3 Å². The highest BCUT2D eigenvalue weighted by Gasteiger charge is 2.20. The predicted octanol–water partition coefficient (Wildman–Crippen LogP) is 2.43. The van der Waals surface area contributed by atoms with Gasteiger partial charge in [0.05, 0.1) is 32.1 Å². The molecule has 0 fully saturated rings. The maximum Gasteiger partial charge on any atom is 0.127 e. The van der Waals surface area contributed by atoms with Crippen LogP contribution in [-0.4, -0.2) is 14.2 Å². The Morgan fingerprint density at radius 2 is 1.85 bits per heavy atom. The molecule has 1 heterocycles. The molecule has 5 nitrogen and oxygen atoms in total. The number of aryl methyl sites for hydroxylation is 1. The second kappa shape index (κ2) is 6.98. The van der Waals surface area contributed by atoms with Crippen molar-refractivity contribution < 1.29 is 13.9 Å². The van der Waals surface area contributed by atoms with Gasteiger partial charge in [0.15, 0.2) is 0 Å². The predicted molar refractivity (Wildman–Crippen MR) is 76.6 cm³/mol. The number of hydrogen-bond donors (Lipinski definition) is 2. The molecule has 5 heteroatoms. The molecule has 108 valence electrons. The topological polar surface area (TPSA) is 69.7 Å². The van der Waals surface area contributed by atoms with Crippen LogP contribution in [0.4, 0.5) is 0 Å². The molecule has 0 radical (unpaired) electrons. The van der Waals surface area contributed by atoms with Gasteiger partial charge in [0.25, 0.3) is 0 Å². The third-order valence-corrected chi connectivity index (χ3v) is 3.28. The molecule has 2 aromatic rings. The van der Waals surface area contributed by atoms with Crippen molar-refractivity contribution in [2.24, 2.45) is 5.84 Å². The molecule has 20 heavy (non-hydrogen) atoms. The van der Waals surface area contributed by atoms with E-state index in [1.54, 1.807) is 20.5 Å². The summed E-state index contributed by atoms with van der Waals surface area (Å²) in [4.78, 5) is 0. The van der Waals surface area contributed by atoms with E-state index in [-0.39, 0.29) is 6.04 Å². The van der Waals surface area contributed by atoms with E-state index < -0.39 is 0 Å². The van der Waals surface area contributed by atoms with E-state index in [1.165, 1.54) is 0 Å². The first kappa shape index (κ1) is 14.4. The average molecular weight is 276 g/mol. The van der Waals surface area contributed by atoms with E-state index in [0.717, 1.165) is 35.7 Å². The van der Waals surface area contributed by atoms with Gasteiger partial charge in [0.2, 0.25) is 0 Å². The quantitative estimate of drug-likeness (QED) is 0.600. The molecule has 1 atom stereocenters. The van der Waals surface area contributed by atoms with Gasteiger partial charge in [-0.25, -0.2) is 0 Å². The maximum atomic E-state index is 5.70. The molecule has 0 aliphatic carbocycles. The van der Waals surface area contributed by atoms with Crippen LogP contribution in [0.1, 0.15) is 23.8 Å². The van der Waals surface area contributed by atoms with E-state index >= 15 is 0 Å². The fraction of sp³-hybridized carbons (Fsp3) is 0.333. The molecule has 2 rings (SSSR count). The Labute approximate surface area is 118 Å². The number of hydrogen-bond acceptors (Lipinski definition) is 5. The summed E-state index contributed by atoms with van der Waals surface area (Å²) in [7, 11) is 3.27. The lowest BCUT2D eigenvalue weighted by atomic mass is 9.99. The fourth-order valence-corrected chi connectivity index (χ4v) is 2.28. The zero-order valence-electron chi connectivity index (χ0n) is 11.8. The van der Waals surface area contributed by atoms with Gasteiger partial charge in [-0.05, 0) is 30.7 Å². The number of hydrazine groups is 1. The van der Waals surface area contributed by atoms with Crippen molar-refractivity contribution in [1.82, 2.24) is 5.43 Å². The summed E-state index contributed by atoms with van der Waals surface area (Å²) in [5, 5.41) is 0. The van der Waals surface area contributed by atoms with Crippen molar-refractivity contribution in [2.45, 2.75) is 18.9 Å². The number of ether oxygens (including phenoxy) is 2. The van der Waals surface area contributed by atoms with Crippen LogP contribution in [-0.2, 0) is 6.42 Å². The van der Waals surface area contributed by atoms with Gasteiger partial charge < -0.3 is 13.9 Å². The van der Waals surface area contributed by atoms with Gasteiger partial charge in [-0.1, -0.05) is 6.07 Å². The summed E-state index contributed by atoms with van der Waals surface area (Å²) < 4.78 is 16.2. The first-order valence-corrected chi connectivity index (χ1v) is 6.49. The Balaban J connectivity index is 2.21. The summed E-state index contributed by atoms with van der Waals surface area (Å²) in [5.41, 5.74) is 3.75. The highest BCUT2D eigenvalue weighted by molar-refractivity contribution is 5.47. The van der Waals surface area contributed by atoms with Crippen LogP contribution in [0.3, 0.4) is 0 Å². The molecule has 0 saturated heterocycles. The van der Waals surface area contributed by atoms with Crippen LogP contribution < -0.4 is 20.7 Å². The molecule has 0 aliphatic rings. The minimum absolute atomic E-state index is 0.0776. The lowest BCUT2D eigenvalue weighted by molar-refractivity contribution is 0.364. The molecular formula is C15H20N2O3. The molecule has 0 spiro atoms. The zero-order chi connectivity index (χ0) is 14.4. The number of nitrogens with one attached hydrogen (secondary N) is 1. The zero-order valence-corrected chi connectivity index (χ0v) is 11.8. The van der Waals surface area contributed by atoms with Crippen LogP contribution in [0.5, 0.6) is 11.5 Å². The fourth-order valence-electron chi connectivity index (χ4n) is 2.28. The number of methoxy groups -OCH3 is 2. The number of benzene rings is 1. The molecule has 0 aliphatic heterocycles. The molecule has 0 saturated carbocycles. The van der Waals surface area contributed by atoms with Crippen LogP contribution in [0.2, 0.25) is 0 Å². The van der Waals surface area contributed by atoms with Crippen LogP contribution >= 0.6 is 0 Å².